The maximum Gasteiger partial charge on any atom is 0.146 e. The Morgan fingerprint density at radius 2 is 1.95 bits per heavy atom. The quantitative estimate of drug-likeness (QED) is 0.587. The number of rotatable bonds is 4. The molecule has 19 heavy (non-hydrogen) atoms. The molecule has 1 aromatic heterocycles. The van der Waals surface area contributed by atoms with E-state index in [0.717, 1.165) is 14.8 Å². The van der Waals surface area contributed by atoms with Crippen molar-refractivity contribution in [2.75, 3.05) is 7.11 Å². The molecule has 0 fully saturated rings. The number of methoxy groups -OCH3 is 1. The van der Waals surface area contributed by atoms with E-state index in [0.29, 0.717) is 17.4 Å². The summed E-state index contributed by atoms with van der Waals surface area (Å²) in [6.07, 6.45) is 0.715. The Morgan fingerprint density at radius 3 is 2.58 bits per heavy atom. The average Bonchev–Trinajstić information content (AvgIpc) is 2.43. The van der Waals surface area contributed by atoms with Gasteiger partial charge in [-0.05, 0) is 29.5 Å². The van der Waals surface area contributed by atoms with E-state index < -0.39 is 0 Å². The van der Waals surface area contributed by atoms with Crippen LogP contribution in [-0.4, -0.2) is 23.2 Å². The fraction of sp³-hybridized carbons (Fsp3) is 0.286. The molecular formula is C14H14ClIN2O. The largest absolute Gasteiger partial charge is 0.381 e. The first-order chi connectivity index (χ1) is 9.11. The molecule has 0 saturated heterocycles. The van der Waals surface area contributed by atoms with Crippen molar-refractivity contribution >= 4 is 34.2 Å². The number of aromatic nitrogens is 2. The lowest BCUT2D eigenvalue weighted by Gasteiger charge is -2.11. The van der Waals surface area contributed by atoms with Crippen LogP contribution in [0, 0.1) is 3.57 Å². The van der Waals surface area contributed by atoms with Crippen LogP contribution in [0.5, 0.6) is 0 Å². The Kier molecular flexibility index (Phi) is 5.13. The van der Waals surface area contributed by atoms with Crippen molar-refractivity contribution in [2.45, 2.75) is 19.4 Å². The van der Waals surface area contributed by atoms with E-state index >= 15 is 0 Å². The normalized spacial score (nSPS) is 12.4. The first kappa shape index (κ1) is 14.7. The maximum atomic E-state index is 6.20. The van der Waals surface area contributed by atoms with E-state index in [4.69, 9.17) is 16.3 Å². The molecule has 2 aromatic rings. The molecule has 1 unspecified atom stereocenters. The van der Waals surface area contributed by atoms with Crippen molar-refractivity contribution in [3.63, 3.8) is 0 Å². The van der Waals surface area contributed by atoms with Crippen LogP contribution < -0.4 is 0 Å². The van der Waals surface area contributed by atoms with Crippen LogP contribution in [0.25, 0.3) is 11.3 Å². The highest BCUT2D eigenvalue weighted by Gasteiger charge is 2.14. The van der Waals surface area contributed by atoms with Gasteiger partial charge in [-0.25, -0.2) is 9.97 Å². The highest BCUT2D eigenvalue weighted by atomic mass is 127. The number of benzene rings is 1. The van der Waals surface area contributed by atoms with Crippen LogP contribution in [0.3, 0.4) is 0 Å². The second-order valence-corrected chi connectivity index (χ2v) is 5.65. The third-order valence-electron chi connectivity index (χ3n) is 2.78. The van der Waals surface area contributed by atoms with E-state index in [2.05, 4.69) is 32.6 Å². The number of hydrogen-bond donors (Lipinski definition) is 0. The first-order valence-corrected chi connectivity index (χ1v) is 7.37. The lowest BCUT2D eigenvalue weighted by atomic mass is 10.1. The third kappa shape index (κ3) is 3.64. The van der Waals surface area contributed by atoms with Gasteiger partial charge in [0.1, 0.15) is 11.0 Å². The smallest absolute Gasteiger partial charge is 0.146 e. The molecule has 0 amide bonds. The molecule has 0 saturated carbocycles. The lowest BCUT2D eigenvalue weighted by Crippen LogP contribution is -2.12. The summed E-state index contributed by atoms with van der Waals surface area (Å²) in [4.78, 5) is 8.92. The summed E-state index contributed by atoms with van der Waals surface area (Å²) in [7, 11) is 1.68. The molecule has 0 aliphatic heterocycles. The van der Waals surface area contributed by atoms with Crippen molar-refractivity contribution in [3.8, 4) is 11.3 Å². The minimum atomic E-state index is 0.0692. The molecule has 0 aliphatic rings. The summed E-state index contributed by atoms with van der Waals surface area (Å²) >= 11 is 8.38. The number of halogens is 2. The molecule has 1 aromatic carbocycles. The molecule has 5 heteroatoms. The van der Waals surface area contributed by atoms with Crippen LogP contribution in [0.1, 0.15) is 12.7 Å². The molecule has 1 heterocycles. The van der Waals surface area contributed by atoms with Crippen molar-refractivity contribution in [3.05, 3.63) is 44.9 Å². The van der Waals surface area contributed by atoms with Gasteiger partial charge in [0.2, 0.25) is 0 Å². The number of ether oxygens (including phenoxy) is 1. The van der Waals surface area contributed by atoms with E-state index in [1.165, 1.54) is 0 Å². The number of hydrogen-bond acceptors (Lipinski definition) is 3. The van der Waals surface area contributed by atoms with Crippen LogP contribution in [-0.2, 0) is 11.2 Å². The molecule has 3 nitrogen and oxygen atoms in total. The van der Waals surface area contributed by atoms with E-state index in [9.17, 15) is 0 Å². The van der Waals surface area contributed by atoms with Gasteiger partial charge in [-0.15, -0.1) is 0 Å². The average molecular weight is 389 g/mol. The van der Waals surface area contributed by atoms with Gasteiger partial charge >= 0.3 is 0 Å². The van der Waals surface area contributed by atoms with Crippen LogP contribution in [0.15, 0.2) is 30.3 Å². The van der Waals surface area contributed by atoms with Gasteiger partial charge < -0.3 is 4.74 Å². The summed E-state index contributed by atoms with van der Waals surface area (Å²) in [6.45, 7) is 1.98. The zero-order valence-corrected chi connectivity index (χ0v) is 13.6. The molecule has 1 atom stereocenters. The second kappa shape index (κ2) is 6.63. The van der Waals surface area contributed by atoms with Crippen molar-refractivity contribution < 1.29 is 4.74 Å². The minimum absolute atomic E-state index is 0.0692. The second-order valence-electron chi connectivity index (χ2n) is 4.21. The fourth-order valence-electron chi connectivity index (χ4n) is 1.68. The molecule has 0 radical (unpaired) electrons. The Bertz CT molecular complexity index is 563. The molecule has 100 valence electrons. The zero-order chi connectivity index (χ0) is 13.8. The molecule has 2 rings (SSSR count). The van der Waals surface area contributed by atoms with Crippen LogP contribution in [0.2, 0.25) is 5.15 Å². The van der Waals surface area contributed by atoms with Crippen molar-refractivity contribution in [1.82, 2.24) is 9.97 Å². The lowest BCUT2D eigenvalue weighted by molar-refractivity contribution is 0.117. The summed E-state index contributed by atoms with van der Waals surface area (Å²) in [5.41, 5.74) is 1.92. The predicted molar refractivity (Wildman–Crippen MR) is 85.4 cm³/mol. The van der Waals surface area contributed by atoms with Gasteiger partial charge in [0, 0.05) is 19.1 Å². The molecule has 0 spiro atoms. The van der Waals surface area contributed by atoms with Gasteiger partial charge in [-0.1, -0.05) is 41.9 Å². The van der Waals surface area contributed by atoms with E-state index in [1.54, 1.807) is 7.11 Å². The molecular weight excluding hydrogens is 375 g/mol. The molecule has 0 aliphatic carbocycles. The Labute approximate surface area is 131 Å². The topological polar surface area (TPSA) is 35.0 Å². The first-order valence-electron chi connectivity index (χ1n) is 5.92. The van der Waals surface area contributed by atoms with Crippen molar-refractivity contribution in [1.29, 1.82) is 0 Å². The monoisotopic (exact) mass is 388 g/mol. The SMILES string of the molecule is COC(C)Cc1nc(Cl)c(I)c(-c2ccccc2)n1. The van der Waals surface area contributed by atoms with E-state index in [-0.39, 0.29) is 6.10 Å². The molecule has 0 bridgehead atoms. The summed E-state index contributed by atoms with van der Waals surface area (Å²) in [6, 6.07) is 9.99. The van der Waals surface area contributed by atoms with Gasteiger partial charge in [0.25, 0.3) is 0 Å². The Balaban J connectivity index is 2.43. The van der Waals surface area contributed by atoms with Crippen LogP contribution in [0.4, 0.5) is 0 Å². The van der Waals surface area contributed by atoms with Gasteiger partial charge in [-0.3, -0.25) is 0 Å². The standard InChI is InChI=1S/C14H14ClIN2O/c1-9(19-2)8-11-17-13(12(16)14(15)18-11)10-6-4-3-5-7-10/h3-7,9H,8H2,1-2H3. The Hall–Kier alpha value is -0.720. The fourth-order valence-corrected chi connectivity index (χ4v) is 2.42. The van der Waals surface area contributed by atoms with Gasteiger partial charge in [-0.2, -0.15) is 0 Å². The summed E-state index contributed by atoms with van der Waals surface area (Å²) < 4.78 is 6.12. The zero-order valence-electron chi connectivity index (χ0n) is 10.7. The predicted octanol–water partition coefficient (Wildman–Crippen LogP) is 3.98. The van der Waals surface area contributed by atoms with Crippen LogP contribution >= 0.6 is 34.2 Å². The van der Waals surface area contributed by atoms with E-state index in [1.807, 2.05) is 37.3 Å². The highest BCUT2D eigenvalue weighted by molar-refractivity contribution is 14.1. The van der Waals surface area contributed by atoms with Gasteiger partial charge in [0.05, 0.1) is 15.4 Å². The summed E-state index contributed by atoms with van der Waals surface area (Å²) in [5.74, 6) is 0.707. The van der Waals surface area contributed by atoms with Crippen molar-refractivity contribution in [2.24, 2.45) is 0 Å². The molecule has 0 N–H and O–H groups in total. The van der Waals surface area contributed by atoms with Gasteiger partial charge in [0.15, 0.2) is 0 Å². The minimum Gasteiger partial charge on any atom is -0.381 e. The number of nitrogens with zero attached hydrogens (tertiary/aromatic N) is 2. The highest BCUT2D eigenvalue weighted by Crippen LogP contribution is 2.28. The Morgan fingerprint density at radius 1 is 1.26 bits per heavy atom. The summed E-state index contributed by atoms with van der Waals surface area (Å²) in [5, 5.41) is 0.493. The third-order valence-corrected chi connectivity index (χ3v) is 4.39. The maximum absolute atomic E-state index is 6.20.